The Morgan fingerprint density at radius 2 is 1.35 bits per heavy atom. The number of nitrogens with zero attached hydrogens (tertiary/aromatic N) is 1. The van der Waals surface area contributed by atoms with Gasteiger partial charge in [-0.1, -0.05) is 12.1 Å². The van der Waals surface area contributed by atoms with Gasteiger partial charge in [0, 0.05) is 5.56 Å². The molecule has 4 aromatic carbocycles. The van der Waals surface area contributed by atoms with Gasteiger partial charge in [-0.3, -0.25) is 4.90 Å². The molecule has 1 heterocycles. The number of carboxylic acid groups (broad SMARTS) is 1. The summed E-state index contributed by atoms with van der Waals surface area (Å²) in [4.78, 5) is 25.1. The summed E-state index contributed by atoms with van der Waals surface area (Å²) in [7, 11) is 1.18. The van der Waals surface area contributed by atoms with Crippen LogP contribution >= 0.6 is 0 Å². The molecule has 1 aliphatic rings. The minimum absolute atomic E-state index is 0.0266. The van der Waals surface area contributed by atoms with Crippen molar-refractivity contribution in [3.8, 4) is 28.0 Å². The van der Waals surface area contributed by atoms with E-state index in [1.165, 1.54) is 26.2 Å². The molecule has 1 N–H and O–H groups in total. The average Bonchev–Trinajstić information content (AvgIpc) is 3.31. The highest BCUT2D eigenvalue weighted by Gasteiger charge is 2.44. The molecular formula is C34H22F11NO5. The van der Waals surface area contributed by atoms with Crippen LogP contribution < -0.4 is 4.74 Å². The zero-order chi connectivity index (χ0) is 37.8. The molecule has 1 amide bonds. The number of aromatic carboxylic acids is 1. The maximum Gasteiger partial charge on any atom is 0.416 e. The third kappa shape index (κ3) is 7.42. The smallest absolute Gasteiger partial charge is 0.416 e. The molecule has 6 nitrogen and oxygen atoms in total. The normalized spacial score (nSPS) is 16.7. The Balaban J connectivity index is 1.61. The van der Waals surface area contributed by atoms with E-state index >= 15 is 8.78 Å². The van der Waals surface area contributed by atoms with Gasteiger partial charge < -0.3 is 14.6 Å². The summed E-state index contributed by atoms with van der Waals surface area (Å²) in [5.41, 5.74) is -7.20. The molecule has 51 heavy (non-hydrogen) atoms. The van der Waals surface area contributed by atoms with E-state index in [0.29, 0.717) is 36.4 Å². The van der Waals surface area contributed by atoms with Crippen molar-refractivity contribution >= 4 is 12.1 Å². The van der Waals surface area contributed by atoms with Gasteiger partial charge in [0.25, 0.3) is 0 Å². The Bertz CT molecular complexity index is 1970. The van der Waals surface area contributed by atoms with Crippen LogP contribution in [0.3, 0.4) is 0 Å². The highest BCUT2D eigenvalue weighted by molar-refractivity contribution is 5.89. The Morgan fingerprint density at radius 3 is 1.86 bits per heavy atom. The van der Waals surface area contributed by atoms with Gasteiger partial charge in [0.2, 0.25) is 0 Å². The fraction of sp³-hybridized carbons (Fsp3) is 0.235. The van der Waals surface area contributed by atoms with Crippen molar-refractivity contribution < 1.29 is 72.5 Å². The first kappa shape index (κ1) is 36.9. The largest absolute Gasteiger partial charge is 0.496 e. The van der Waals surface area contributed by atoms with Crippen LogP contribution in [-0.2, 0) is 29.8 Å². The van der Waals surface area contributed by atoms with Crippen LogP contribution in [0, 0.1) is 11.6 Å². The number of hydrogen-bond acceptors (Lipinski definition) is 4. The Labute approximate surface area is 280 Å². The summed E-state index contributed by atoms with van der Waals surface area (Å²) >= 11 is 0. The van der Waals surface area contributed by atoms with Gasteiger partial charge >= 0.3 is 30.6 Å². The first-order chi connectivity index (χ1) is 23.6. The molecule has 1 aliphatic heterocycles. The standard InChI is InChI=1S/C34H22F11NO5/c1-15-29(17-7-21(33(40,41)42)13-22(8-17)34(43,44)45)51-31(49)46(15)14-19-9-20(32(37,38)39)4-5-23(19)24-10-16(3-6-27(24)50-2)28-25(35)11-18(30(47)48)12-26(28)36/h3-13,15,29H,14H2,1-2H3,(H,47,48)/t15-,29-/m0/s1. The van der Waals surface area contributed by atoms with Crippen molar-refractivity contribution in [3.05, 3.63) is 112 Å². The zero-order valence-electron chi connectivity index (χ0n) is 25.9. The van der Waals surface area contributed by atoms with Gasteiger partial charge in [0.05, 0.1) is 47.5 Å². The molecule has 1 saturated heterocycles. The first-order valence-corrected chi connectivity index (χ1v) is 14.5. The molecule has 0 spiro atoms. The quantitative estimate of drug-likeness (QED) is 0.192. The van der Waals surface area contributed by atoms with Gasteiger partial charge in [-0.25, -0.2) is 18.4 Å². The lowest BCUT2D eigenvalue weighted by Crippen LogP contribution is -2.32. The van der Waals surface area contributed by atoms with Crippen molar-refractivity contribution in [2.45, 2.75) is 44.1 Å². The number of halogens is 11. The zero-order valence-corrected chi connectivity index (χ0v) is 25.9. The number of carboxylic acids is 1. The molecular weight excluding hydrogens is 711 g/mol. The molecule has 0 aliphatic carbocycles. The lowest BCUT2D eigenvalue weighted by Gasteiger charge is -2.24. The Hall–Kier alpha value is -5.35. The average molecular weight is 734 g/mol. The number of methoxy groups -OCH3 is 1. The number of hydrogen-bond donors (Lipinski definition) is 1. The second-order valence-corrected chi connectivity index (χ2v) is 11.4. The molecule has 1 fully saturated rings. The summed E-state index contributed by atoms with van der Waals surface area (Å²) in [5, 5.41) is 9.13. The third-order valence-corrected chi connectivity index (χ3v) is 8.17. The number of amides is 1. The van der Waals surface area contributed by atoms with Gasteiger partial charge in [-0.2, -0.15) is 39.5 Å². The highest BCUT2D eigenvalue weighted by atomic mass is 19.4. The van der Waals surface area contributed by atoms with Crippen molar-refractivity contribution in [2.24, 2.45) is 0 Å². The van der Waals surface area contributed by atoms with E-state index in [2.05, 4.69) is 0 Å². The van der Waals surface area contributed by atoms with Crippen LogP contribution in [0.25, 0.3) is 22.3 Å². The number of carbonyl (C=O) groups excluding carboxylic acids is 1. The van der Waals surface area contributed by atoms with E-state index in [4.69, 9.17) is 14.6 Å². The maximum atomic E-state index is 15.0. The summed E-state index contributed by atoms with van der Waals surface area (Å²) in [6, 6.07) is 6.29. The molecule has 4 aromatic rings. The summed E-state index contributed by atoms with van der Waals surface area (Å²) in [6.45, 7) is 0.480. The fourth-order valence-electron chi connectivity index (χ4n) is 5.70. The van der Waals surface area contributed by atoms with Crippen molar-refractivity contribution in [1.82, 2.24) is 4.90 Å². The number of ether oxygens (including phenoxy) is 2. The summed E-state index contributed by atoms with van der Waals surface area (Å²) in [6.07, 6.45) is -18.3. The van der Waals surface area contributed by atoms with Crippen molar-refractivity contribution in [3.63, 3.8) is 0 Å². The summed E-state index contributed by atoms with van der Waals surface area (Å²) < 4.78 is 163. The Kier molecular flexibility index (Phi) is 9.47. The number of cyclic esters (lactones) is 1. The van der Waals surface area contributed by atoms with Gasteiger partial charge in [-0.05, 0) is 83.8 Å². The van der Waals surface area contributed by atoms with Gasteiger partial charge in [0.15, 0.2) is 0 Å². The molecule has 270 valence electrons. The monoisotopic (exact) mass is 733 g/mol. The SMILES string of the molecule is COc1ccc(-c2c(F)cc(C(=O)O)cc2F)cc1-c1ccc(C(F)(F)F)cc1CN1C(=O)O[C@H](c2cc(C(F)(F)F)cc(C(F)(F)F)c2)[C@@H]1C. The number of benzene rings is 4. The first-order valence-electron chi connectivity index (χ1n) is 14.5. The van der Waals surface area contributed by atoms with Gasteiger partial charge in [-0.15, -0.1) is 0 Å². The van der Waals surface area contributed by atoms with E-state index in [9.17, 15) is 49.1 Å². The van der Waals surface area contributed by atoms with Crippen LogP contribution in [0.5, 0.6) is 5.75 Å². The second kappa shape index (κ2) is 13.1. The Morgan fingerprint density at radius 1 is 0.784 bits per heavy atom. The predicted molar refractivity (Wildman–Crippen MR) is 156 cm³/mol. The molecule has 17 heteroatoms. The molecule has 0 unspecified atom stereocenters. The third-order valence-electron chi connectivity index (χ3n) is 8.17. The lowest BCUT2D eigenvalue weighted by molar-refractivity contribution is -0.143. The van der Waals surface area contributed by atoms with Crippen LogP contribution in [0.2, 0.25) is 0 Å². The highest BCUT2D eigenvalue weighted by Crippen LogP contribution is 2.44. The molecule has 0 bridgehead atoms. The van der Waals surface area contributed by atoms with E-state index in [1.807, 2.05) is 0 Å². The minimum atomic E-state index is -5.22. The number of carbonyl (C=O) groups is 2. The predicted octanol–water partition coefficient (Wildman–Crippen LogP) is 10.1. The molecule has 2 atom stereocenters. The molecule has 0 radical (unpaired) electrons. The minimum Gasteiger partial charge on any atom is -0.496 e. The van der Waals surface area contributed by atoms with Crippen molar-refractivity contribution in [1.29, 1.82) is 0 Å². The number of alkyl halides is 9. The van der Waals surface area contributed by atoms with Gasteiger partial charge in [0.1, 0.15) is 23.5 Å². The van der Waals surface area contributed by atoms with Crippen molar-refractivity contribution in [2.75, 3.05) is 7.11 Å². The van der Waals surface area contributed by atoms with E-state index in [0.717, 1.165) is 17.0 Å². The van der Waals surface area contributed by atoms with E-state index in [-0.39, 0.29) is 34.1 Å². The van der Waals surface area contributed by atoms with Crippen LogP contribution in [0.4, 0.5) is 53.1 Å². The van der Waals surface area contributed by atoms with E-state index < -0.39 is 94.3 Å². The molecule has 0 saturated carbocycles. The maximum absolute atomic E-state index is 15.0. The van der Waals surface area contributed by atoms with Crippen LogP contribution in [0.15, 0.2) is 66.7 Å². The number of rotatable bonds is 7. The topological polar surface area (TPSA) is 76.1 Å². The summed E-state index contributed by atoms with van der Waals surface area (Å²) in [5.74, 6) is -4.20. The van der Waals surface area contributed by atoms with E-state index in [1.54, 1.807) is 0 Å². The fourth-order valence-corrected chi connectivity index (χ4v) is 5.70. The van der Waals surface area contributed by atoms with Crippen LogP contribution in [-0.4, -0.2) is 35.2 Å². The molecule has 5 rings (SSSR count). The second-order valence-electron chi connectivity index (χ2n) is 11.4. The van der Waals surface area contributed by atoms with Crippen LogP contribution in [0.1, 0.15) is 51.2 Å². The lowest BCUT2D eigenvalue weighted by atomic mass is 9.92. The molecule has 0 aromatic heterocycles.